The van der Waals surface area contributed by atoms with Crippen LogP contribution < -0.4 is 20.1 Å². The van der Waals surface area contributed by atoms with Crippen molar-refractivity contribution in [3.8, 4) is 11.5 Å². The van der Waals surface area contributed by atoms with Gasteiger partial charge in [-0.1, -0.05) is 66.8 Å². The van der Waals surface area contributed by atoms with Gasteiger partial charge in [0.05, 0.1) is 29.6 Å². The Morgan fingerprint density at radius 2 is 1.52 bits per heavy atom. The molecule has 3 aromatic carbocycles. The van der Waals surface area contributed by atoms with Gasteiger partial charge in [0.2, 0.25) is 11.8 Å². The fourth-order valence-electron chi connectivity index (χ4n) is 4.25. The lowest BCUT2D eigenvalue weighted by Gasteiger charge is -2.26. The maximum absolute atomic E-state index is 13.4. The monoisotopic (exact) mass is 672 g/mol. The highest BCUT2D eigenvalue weighted by atomic mass is 35.5. The average molecular weight is 674 g/mol. The number of hydrogen-bond donors (Lipinski definition) is 2. The zero-order valence-electron chi connectivity index (χ0n) is 23.9. The SMILES string of the molecule is COc1ccc(OC(CC(=O)N[C@@H](Cc2cccc(Cl)c2)C(=O)N[C@H](C(=O)C(F)(F)F)C(C)C)c2ccc(Cl)c(Cl)c2)cc1. The predicted octanol–water partition coefficient (Wildman–Crippen LogP) is 7.17. The second kappa shape index (κ2) is 15.5. The van der Waals surface area contributed by atoms with Gasteiger partial charge in [-0.15, -0.1) is 0 Å². The molecule has 0 radical (unpaired) electrons. The summed E-state index contributed by atoms with van der Waals surface area (Å²) >= 11 is 18.4. The highest BCUT2D eigenvalue weighted by Crippen LogP contribution is 2.31. The van der Waals surface area contributed by atoms with E-state index in [1.54, 1.807) is 60.7 Å². The largest absolute Gasteiger partial charge is 0.497 e. The Morgan fingerprint density at radius 3 is 2.09 bits per heavy atom. The zero-order chi connectivity index (χ0) is 32.6. The minimum Gasteiger partial charge on any atom is -0.497 e. The van der Waals surface area contributed by atoms with E-state index in [4.69, 9.17) is 44.3 Å². The molecule has 7 nitrogen and oxygen atoms in total. The molecule has 0 aliphatic rings. The maximum atomic E-state index is 13.4. The lowest BCUT2D eigenvalue weighted by atomic mass is 9.97. The molecule has 3 aromatic rings. The third-order valence-electron chi connectivity index (χ3n) is 6.53. The number of amides is 2. The molecule has 0 saturated carbocycles. The number of methoxy groups -OCH3 is 1. The normalized spacial score (nSPS) is 13.5. The molecule has 2 N–H and O–H groups in total. The van der Waals surface area contributed by atoms with Gasteiger partial charge in [0.25, 0.3) is 5.78 Å². The molecule has 44 heavy (non-hydrogen) atoms. The minimum atomic E-state index is -5.17. The van der Waals surface area contributed by atoms with Crippen molar-refractivity contribution in [1.82, 2.24) is 10.6 Å². The van der Waals surface area contributed by atoms with E-state index in [0.29, 0.717) is 27.6 Å². The van der Waals surface area contributed by atoms with Crippen LogP contribution in [0.5, 0.6) is 11.5 Å². The molecule has 236 valence electrons. The van der Waals surface area contributed by atoms with Crippen LogP contribution in [0.2, 0.25) is 15.1 Å². The minimum absolute atomic E-state index is 0.125. The van der Waals surface area contributed by atoms with Gasteiger partial charge in [-0.05, 0) is 65.6 Å². The van der Waals surface area contributed by atoms with E-state index in [1.165, 1.54) is 27.0 Å². The Labute approximate surface area is 268 Å². The molecule has 0 bridgehead atoms. The Morgan fingerprint density at radius 1 is 0.864 bits per heavy atom. The quantitative estimate of drug-likeness (QED) is 0.201. The van der Waals surface area contributed by atoms with E-state index >= 15 is 0 Å². The number of ether oxygens (including phenoxy) is 2. The lowest BCUT2D eigenvalue weighted by Crippen LogP contribution is -2.56. The molecule has 0 aliphatic carbocycles. The van der Waals surface area contributed by atoms with Crippen molar-refractivity contribution in [2.24, 2.45) is 5.92 Å². The molecule has 0 aliphatic heterocycles. The zero-order valence-corrected chi connectivity index (χ0v) is 26.2. The number of ketones is 1. The van der Waals surface area contributed by atoms with E-state index in [1.807, 2.05) is 0 Å². The summed E-state index contributed by atoms with van der Waals surface area (Å²) in [5.74, 6) is -3.64. The first-order valence-electron chi connectivity index (χ1n) is 13.4. The van der Waals surface area contributed by atoms with Crippen LogP contribution in [0.1, 0.15) is 37.5 Å². The first-order valence-corrected chi connectivity index (χ1v) is 14.5. The smallest absolute Gasteiger partial charge is 0.452 e. The molecule has 3 atom stereocenters. The summed E-state index contributed by atoms with van der Waals surface area (Å²) in [6.45, 7) is 2.75. The molecular formula is C31H30Cl3F3N2O5. The average Bonchev–Trinajstić information content (AvgIpc) is 2.96. The Balaban J connectivity index is 1.89. The number of Topliss-reactive ketones (excluding diaryl/α,β-unsaturated/α-hetero) is 1. The van der Waals surface area contributed by atoms with Crippen molar-refractivity contribution in [3.63, 3.8) is 0 Å². The summed E-state index contributed by atoms with van der Waals surface area (Å²) < 4.78 is 51.1. The molecule has 1 unspecified atom stereocenters. The van der Waals surface area contributed by atoms with Crippen LogP contribution in [0.4, 0.5) is 13.2 Å². The molecule has 0 fully saturated rings. The van der Waals surface area contributed by atoms with Gasteiger partial charge in [0.1, 0.15) is 23.6 Å². The summed E-state index contributed by atoms with van der Waals surface area (Å²) in [5, 5.41) is 5.64. The fraction of sp³-hybridized carbons (Fsp3) is 0.323. The van der Waals surface area contributed by atoms with Gasteiger partial charge in [-0.2, -0.15) is 13.2 Å². The fourth-order valence-corrected chi connectivity index (χ4v) is 4.77. The van der Waals surface area contributed by atoms with Crippen LogP contribution in [0.15, 0.2) is 66.7 Å². The maximum Gasteiger partial charge on any atom is 0.452 e. The first-order chi connectivity index (χ1) is 20.7. The summed E-state index contributed by atoms with van der Waals surface area (Å²) in [5.41, 5.74) is 1.02. The number of hydrogen-bond acceptors (Lipinski definition) is 5. The van der Waals surface area contributed by atoms with E-state index in [-0.39, 0.29) is 22.9 Å². The van der Waals surface area contributed by atoms with Crippen molar-refractivity contribution in [3.05, 3.63) is 92.9 Å². The van der Waals surface area contributed by atoms with Gasteiger partial charge >= 0.3 is 6.18 Å². The van der Waals surface area contributed by atoms with Gasteiger partial charge < -0.3 is 20.1 Å². The molecule has 13 heteroatoms. The van der Waals surface area contributed by atoms with Crippen LogP contribution in [0, 0.1) is 5.92 Å². The first kappa shape index (κ1) is 35.0. The molecular weight excluding hydrogens is 644 g/mol. The third kappa shape index (κ3) is 10.0. The third-order valence-corrected chi connectivity index (χ3v) is 7.50. The topological polar surface area (TPSA) is 93.7 Å². The van der Waals surface area contributed by atoms with Crippen molar-refractivity contribution in [2.75, 3.05) is 7.11 Å². The van der Waals surface area contributed by atoms with Crippen molar-refractivity contribution >= 4 is 52.4 Å². The van der Waals surface area contributed by atoms with Crippen LogP contribution in [0.3, 0.4) is 0 Å². The summed E-state index contributed by atoms with van der Waals surface area (Å²) in [7, 11) is 1.51. The Hall–Kier alpha value is -3.47. The van der Waals surface area contributed by atoms with Crippen LogP contribution in [-0.2, 0) is 20.8 Å². The number of carbonyl (C=O) groups excluding carboxylic acids is 3. The summed E-state index contributed by atoms with van der Waals surface area (Å²) in [4.78, 5) is 38.8. The molecule has 0 saturated heterocycles. The molecule has 0 spiro atoms. The number of carbonyl (C=O) groups is 3. The highest BCUT2D eigenvalue weighted by molar-refractivity contribution is 6.42. The molecule has 3 rings (SSSR count). The van der Waals surface area contributed by atoms with Gasteiger partial charge in [-0.3, -0.25) is 14.4 Å². The summed E-state index contributed by atoms with van der Waals surface area (Å²) in [6.07, 6.45) is -6.53. The molecule has 0 heterocycles. The number of rotatable bonds is 13. The van der Waals surface area contributed by atoms with E-state index < -0.39 is 47.9 Å². The number of nitrogens with one attached hydrogen (secondary N) is 2. The highest BCUT2D eigenvalue weighted by Gasteiger charge is 2.45. The standard InChI is InChI=1S/C31H30Cl3F3N2O5/c1-17(2)28(29(41)31(35,36)37)39-30(42)25(14-18-5-4-6-20(32)13-18)38-27(40)16-26(19-7-12-23(33)24(34)15-19)44-22-10-8-21(43-3)9-11-22/h4-13,15,17,25-26,28H,14,16H2,1-3H3,(H,38,40)(H,39,42)/t25-,26?,28-/m0/s1. The van der Waals surface area contributed by atoms with Gasteiger partial charge in [0.15, 0.2) is 0 Å². The van der Waals surface area contributed by atoms with Crippen molar-refractivity contribution in [2.45, 2.75) is 51.1 Å². The van der Waals surface area contributed by atoms with E-state index in [9.17, 15) is 27.6 Å². The van der Waals surface area contributed by atoms with Gasteiger partial charge in [-0.25, -0.2) is 0 Å². The van der Waals surface area contributed by atoms with Gasteiger partial charge in [0, 0.05) is 11.4 Å². The second-order valence-corrected chi connectivity index (χ2v) is 11.5. The Kier molecular flexibility index (Phi) is 12.3. The summed E-state index contributed by atoms with van der Waals surface area (Å²) in [6, 6.07) is 14.5. The second-order valence-electron chi connectivity index (χ2n) is 10.2. The molecule has 2 amide bonds. The van der Waals surface area contributed by atoms with Crippen LogP contribution in [-0.4, -0.2) is 43.0 Å². The van der Waals surface area contributed by atoms with Crippen molar-refractivity contribution < 1.29 is 37.0 Å². The number of alkyl halides is 3. The van der Waals surface area contributed by atoms with Crippen LogP contribution in [0.25, 0.3) is 0 Å². The van der Waals surface area contributed by atoms with E-state index in [2.05, 4.69) is 10.6 Å². The Bertz CT molecular complexity index is 1470. The lowest BCUT2D eigenvalue weighted by molar-refractivity contribution is -0.175. The number of benzene rings is 3. The predicted molar refractivity (Wildman–Crippen MR) is 162 cm³/mol. The molecule has 0 aromatic heterocycles. The van der Waals surface area contributed by atoms with E-state index in [0.717, 1.165) is 0 Å². The van der Waals surface area contributed by atoms with Crippen LogP contribution >= 0.6 is 34.8 Å². The van der Waals surface area contributed by atoms with Crippen molar-refractivity contribution in [1.29, 1.82) is 0 Å². The number of halogens is 6.